The molecule has 1 aromatic carbocycles. The summed E-state index contributed by atoms with van der Waals surface area (Å²) in [6, 6.07) is 7.70. The summed E-state index contributed by atoms with van der Waals surface area (Å²) in [6.07, 6.45) is -71.3. The molecule has 0 aromatic heterocycles. The van der Waals surface area contributed by atoms with Gasteiger partial charge in [-0.3, -0.25) is 4.79 Å². The predicted molar refractivity (Wildman–Crippen MR) is 303 cm³/mol. The van der Waals surface area contributed by atoms with Crippen molar-refractivity contribution in [2.45, 2.75) is 225 Å². The topological polar surface area (TPSA) is 563 Å². The molecule has 23 aliphatic rings. The lowest BCUT2D eigenvalue weighted by Crippen LogP contribution is -2.68. The van der Waals surface area contributed by atoms with Crippen molar-refractivity contribution in [2.75, 3.05) is 46.2 Å². The summed E-state index contributed by atoms with van der Waals surface area (Å²) in [6.45, 7) is -7.01. The lowest BCUT2D eigenvalue weighted by Gasteiger charge is -2.50. The van der Waals surface area contributed by atoms with Gasteiger partial charge in [-0.2, -0.15) is 0 Å². The normalized spacial score (nSPS) is 49.2. The van der Waals surface area contributed by atoms with E-state index in [0.717, 1.165) is 30.0 Å². The minimum atomic E-state index is -2.26. The molecule has 14 bridgehead atoms. The molecule has 0 radical (unpaired) electrons. The van der Waals surface area contributed by atoms with Crippen molar-refractivity contribution in [3.63, 3.8) is 0 Å². The summed E-state index contributed by atoms with van der Waals surface area (Å²) in [4.78, 5) is 16.2. The third kappa shape index (κ3) is 14.6. The second kappa shape index (κ2) is 31.0. The molecular weight excluding hydrogens is 1340 g/mol. The first-order chi connectivity index (χ1) is 44.5. The molecule has 24 rings (SSSR count). The maximum atomic E-state index is 14.0. The van der Waals surface area contributed by atoms with E-state index < -0.39 is 267 Å². The van der Waals surface area contributed by atoms with Gasteiger partial charge < -0.3 is 174 Å². The van der Waals surface area contributed by atoms with Gasteiger partial charge >= 0.3 is 0 Å². The van der Waals surface area contributed by atoms with E-state index >= 15 is 0 Å². The van der Waals surface area contributed by atoms with Crippen LogP contribution in [0, 0.1) is 0 Å². The van der Waals surface area contributed by atoms with Crippen molar-refractivity contribution in [3.8, 4) is 0 Å². The van der Waals surface area contributed by atoms with Crippen molar-refractivity contribution < 1.29 is 173 Å². The number of ether oxygens (including phenoxy) is 14. The molecule has 40 heteroatoms. The SMILES string of the molecule is O=C(NC[C@H]1O[C@@H]2O[C@H]3[C@H](O)[C@@H](O)[C@@H](O[C@H]4[C@H](O)[C@@H](O)[C@@H](O[C@H]5[C@H](O)[C@@H](O)[C@@H](O[C@H]6[C@H](O)[C@@H](O)[C@@H](O[C@H]7[C@H](O)[C@@H](O)[C@@H](O[C@H]8[C@H](O)[C@@H](O)[C@@H](O[C@H]1[C@H](O)[C@H]2O)O[C@@H]8CO)O[C@@H]7CO)O[C@@H]6CO)O[C@@H]5CO)O[C@@H]4CO)O[C@@H]3CO)C1=CSC(=C2Sc3ccccc3S2)S1. The Morgan fingerprint density at radius 3 is 0.806 bits per heavy atom. The number of thioether (sulfide) groups is 4. The number of nitrogens with one attached hydrogen (secondary N) is 1. The Hall–Kier alpha value is -1.79. The number of aliphatic hydroxyl groups is 20. The fourth-order valence-corrected chi connectivity index (χ4v) is 17.1. The summed E-state index contributed by atoms with van der Waals surface area (Å²) in [7, 11) is 0. The second-order valence-electron chi connectivity index (χ2n) is 23.1. The Kier molecular flexibility index (Phi) is 24.1. The van der Waals surface area contributed by atoms with Crippen molar-refractivity contribution in [1.82, 2.24) is 5.32 Å². The molecule has 93 heavy (non-hydrogen) atoms. The quantitative estimate of drug-likeness (QED) is 0.109. The molecule has 21 saturated heterocycles. The van der Waals surface area contributed by atoms with Crippen LogP contribution in [0.3, 0.4) is 0 Å². The van der Waals surface area contributed by atoms with Gasteiger partial charge in [-0.05, 0) is 17.5 Å². The summed E-state index contributed by atoms with van der Waals surface area (Å²) in [5.74, 6) is -0.677. The van der Waals surface area contributed by atoms with Crippen LogP contribution in [0.15, 0.2) is 52.8 Å². The van der Waals surface area contributed by atoms with E-state index in [2.05, 4.69) is 5.32 Å². The average Bonchev–Trinajstić information content (AvgIpc) is 1.55. The Bertz CT molecular complexity index is 2690. The van der Waals surface area contributed by atoms with Crippen LogP contribution >= 0.6 is 47.0 Å². The number of hydrogen-bond acceptors (Lipinski definition) is 39. The Balaban J connectivity index is 0.873. The monoisotopic (exact) mass is 1410 g/mol. The molecule has 1 aromatic rings. The Morgan fingerprint density at radius 2 is 0.559 bits per heavy atom. The number of rotatable bonds is 9. The number of hydrogen-bond donors (Lipinski definition) is 21. The van der Waals surface area contributed by atoms with E-state index in [-0.39, 0.29) is 4.91 Å². The summed E-state index contributed by atoms with van der Waals surface area (Å²) < 4.78 is 83.3. The van der Waals surface area contributed by atoms with Crippen LogP contribution in [-0.2, 0) is 71.1 Å². The van der Waals surface area contributed by atoms with Crippen LogP contribution in [-0.4, -0.2) is 369 Å². The third-order valence-corrected chi connectivity index (χ3v) is 22.6. The van der Waals surface area contributed by atoms with Gasteiger partial charge in [0.15, 0.2) is 44.0 Å². The molecule has 23 heterocycles. The van der Waals surface area contributed by atoms with E-state index in [1.54, 1.807) is 5.41 Å². The van der Waals surface area contributed by atoms with Gasteiger partial charge in [0.1, 0.15) is 171 Å². The van der Waals surface area contributed by atoms with Crippen LogP contribution in [0.2, 0.25) is 0 Å². The minimum Gasteiger partial charge on any atom is -0.394 e. The zero-order valence-electron chi connectivity index (χ0n) is 48.2. The molecule has 0 spiro atoms. The fourth-order valence-electron chi connectivity index (χ4n) is 12.1. The summed E-state index contributed by atoms with van der Waals surface area (Å²) in [5.41, 5.74) is 0. The van der Waals surface area contributed by atoms with E-state index in [9.17, 15) is 107 Å². The number of carbonyl (C=O) groups excluding carboxylic acids is 1. The molecule has 21 fully saturated rings. The van der Waals surface area contributed by atoms with E-state index in [1.807, 2.05) is 24.3 Å². The van der Waals surface area contributed by atoms with Crippen LogP contribution in [0.4, 0.5) is 0 Å². The van der Waals surface area contributed by atoms with Crippen molar-refractivity contribution in [3.05, 3.63) is 43.1 Å². The Morgan fingerprint density at radius 1 is 0.323 bits per heavy atom. The standard InChI is InChI=1S/C53H75NO35S4/c55-6-14-38-25(63)32(70)47(78-14)86-40-16(8-57)80-49(34(72)27(40)65)88-42-18(10-59)82-51(36(74)29(42)67)89-43-19(11-60)81-50(35(73)28(43)66)87-41-17(9-58)79-48(33(71)26(41)64)85-39-15(7-56)77-46(31(69)24(39)62)83-37-13(76-45(84-38)30(68)23(37)61)5-54-44(75)22-12-90-52(93-22)53-91-20-3-1-2-4-21(20)92-53/h1-4,12-19,23-43,45-51,55-74H,5-11H2,(H,54,75)/t13-,14-,15-,16-,17-,18-,19-,23-,24-,25-,26-,27-,28-,29-,30-,31-,32-,33-,34-,35-,36-,37-,38-,39-,40-,41-,42-,43-,45-,46-,47-,48-,49-,50-,51-/m1/s1. The number of aliphatic hydroxyl groups excluding tert-OH is 20. The summed E-state index contributed by atoms with van der Waals surface area (Å²) >= 11 is 5.48. The van der Waals surface area contributed by atoms with E-state index in [4.69, 9.17) is 66.3 Å². The first-order valence-electron chi connectivity index (χ1n) is 29.4. The highest BCUT2D eigenvalue weighted by molar-refractivity contribution is 8.32. The van der Waals surface area contributed by atoms with Crippen LogP contribution in [0.25, 0.3) is 0 Å². The number of carbonyl (C=O) groups is 1. The van der Waals surface area contributed by atoms with Gasteiger partial charge in [-0.15, -0.1) is 0 Å². The summed E-state index contributed by atoms with van der Waals surface area (Å²) in [5, 5.41) is 229. The van der Waals surface area contributed by atoms with Gasteiger partial charge in [0.25, 0.3) is 5.91 Å². The molecule has 0 saturated carbocycles. The molecular formula is C53H75NO35S4. The van der Waals surface area contributed by atoms with Crippen molar-refractivity contribution >= 4 is 53.0 Å². The minimum absolute atomic E-state index is 0.214. The van der Waals surface area contributed by atoms with Crippen LogP contribution in [0.1, 0.15) is 0 Å². The highest BCUT2D eigenvalue weighted by Crippen LogP contribution is 2.59. The largest absolute Gasteiger partial charge is 0.394 e. The Labute approximate surface area is 543 Å². The highest BCUT2D eigenvalue weighted by Gasteiger charge is 2.60. The average molecular weight is 1410 g/mol. The van der Waals surface area contributed by atoms with E-state index in [0.29, 0.717) is 0 Å². The number of benzene rings is 1. The van der Waals surface area contributed by atoms with Gasteiger partial charge in [0, 0.05) is 16.3 Å². The smallest absolute Gasteiger partial charge is 0.258 e. The van der Waals surface area contributed by atoms with Gasteiger partial charge in [0.2, 0.25) is 0 Å². The number of amides is 1. The lowest BCUT2D eigenvalue weighted by molar-refractivity contribution is -0.396. The first kappa shape index (κ1) is 72.5. The van der Waals surface area contributed by atoms with Gasteiger partial charge in [0.05, 0.1) is 53.0 Å². The van der Waals surface area contributed by atoms with Gasteiger partial charge in [-0.1, -0.05) is 59.2 Å². The lowest BCUT2D eigenvalue weighted by atomic mass is 9.95. The maximum absolute atomic E-state index is 14.0. The highest BCUT2D eigenvalue weighted by atomic mass is 32.2. The molecule has 526 valence electrons. The molecule has 0 aliphatic carbocycles. The van der Waals surface area contributed by atoms with Crippen molar-refractivity contribution in [1.29, 1.82) is 0 Å². The molecule has 21 N–H and O–H groups in total. The number of fused-ring (bicyclic) bond motifs is 1. The first-order valence-corrected chi connectivity index (χ1v) is 32.7. The second-order valence-corrected chi connectivity index (χ2v) is 27.7. The van der Waals surface area contributed by atoms with E-state index in [1.165, 1.54) is 35.3 Å². The molecule has 1 amide bonds. The molecule has 36 nitrogen and oxygen atoms in total. The molecule has 35 atom stereocenters. The van der Waals surface area contributed by atoms with Crippen molar-refractivity contribution in [2.24, 2.45) is 0 Å². The third-order valence-electron chi connectivity index (χ3n) is 17.2. The zero-order chi connectivity index (χ0) is 66.6. The van der Waals surface area contributed by atoms with Crippen LogP contribution < -0.4 is 5.32 Å². The zero-order valence-corrected chi connectivity index (χ0v) is 51.5. The predicted octanol–water partition coefficient (Wildman–Crippen LogP) is -10.8. The maximum Gasteiger partial charge on any atom is 0.258 e. The molecule has 23 aliphatic heterocycles. The fraction of sp³-hybridized carbons (Fsp3) is 0.792. The van der Waals surface area contributed by atoms with Gasteiger partial charge in [-0.25, -0.2) is 0 Å². The molecule has 0 unspecified atom stereocenters. The van der Waals surface area contributed by atoms with Crippen LogP contribution in [0.5, 0.6) is 0 Å².